The molecule has 1 rings (SSSR count). The van der Waals surface area contributed by atoms with E-state index in [2.05, 4.69) is 5.32 Å². The van der Waals surface area contributed by atoms with Crippen LogP contribution in [0.25, 0.3) is 0 Å². The Morgan fingerprint density at radius 2 is 2.05 bits per heavy atom. The van der Waals surface area contributed by atoms with Crippen LogP contribution in [0.5, 0.6) is 5.75 Å². The Morgan fingerprint density at radius 3 is 2.62 bits per heavy atom. The number of hydrogen-bond acceptors (Lipinski definition) is 3. The molecule has 21 heavy (non-hydrogen) atoms. The summed E-state index contributed by atoms with van der Waals surface area (Å²) in [5.41, 5.74) is 4.42. The van der Waals surface area contributed by atoms with E-state index in [1.165, 1.54) is 18.2 Å². The van der Waals surface area contributed by atoms with E-state index >= 15 is 0 Å². The lowest BCUT2D eigenvalue weighted by Crippen LogP contribution is -2.36. The van der Waals surface area contributed by atoms with Crippen LogP contribution in [-0.4, -0.2) is 25.1 Å². The first kappa shape index (κ1) is 17.3. The molecule has 0 heterocycles. The van der Waals surface area contributed by atoms with Gasteiger partial charge in [-0.1, -0.05) is 19.1 Å². The van der Waals surface area contributed by atoms with Crippen molar-refractivity contribution in [1.29, 1.82) is 0 Å². The second-order valence-corrected chi connectivity index (χ2v) is 4.48. The lowest BCUT2D eigenvalue weighted by molar-refractivity contribution is -0.139. The van der Waals surface area contributed by atoms with Crippen LogP contribution >= 0.6 is 0 Å². The van der Waals surface area contributed by atoms with Crippen molar-refractivity contribution in [3.8, 4) is 5.75 Å². The Morgan fingerprint density at radius 1 is 1.38 bits per heavy atom. The second-order valence-electron chi connectivity index (χ2n) is 4.48. The maximum Gasteiger partial charge on any atom is 0.419 e. The fourth-order valence-corrected chi connectivity index (χ4v) is 1.70. The van der Waals surface area contributed by atoms with Gasteiger partial charge in [-0.2, -0.15) is 13.2 Å². The highest BCUT2D eigenvalue weighted by atomic mass is 19.4. The van der Waals surface area contributed by atoms with Gasteiger partial charge in [0.1, 0.15) is 11.9 Å². The molecule has 0 fully saturated rings. The fourth-order valence-electron chi connectivity index (χ4n) is 1.70. The van der Waals surface area contributed by atoms with Crippen LogP contribution in [0.15, 0.2) is 24.3 Å². The molecule has 1 unspecified atom stereocenters. The van der Waals surface area contributed by atoms with Gasteiger partial charge in [0.05, 0.1) is 12.1 Å². The zero-order chi connectivity index (χ0) is 15.9. The monoisotopic (exact) mass is 304 g/mol. The van der Waals surface area contributed by atoms with E-state index in [1.54, 1.807) is 6.92 Å². The Hall–Kier alpha value is -1.76. The quantitative estimate of drug-likeness (QED) is 0.812. The molecule has 0 saturated heterocycles. The van der Waals surface area contributed by atoms with Gasteiger partial charge in [0.15, 0.2) is 0 Å². The first-order valence-corrected chi connectivity index (χ1v) is 6.68. The molecule has 0 radical (unpaired) electrons. The van der Waals surface area contributed by atoms with E-state index in [9.17, 15) is 18.0 Å². The van der Waals surface area contributed by atoms with Crippen LogP contribution < -0.4 is 15.8 Å². The van der Waals surface area contributed by atoms with Crippen molar-refractivity contribution in [3.63, 3.8) is 0 Å². The second kappa shape index (κ2) is 7.87. The largest absolute Gasteiger partial charge is 0.488 e. The number of benzene rings is 1. The van der Waals surface area contributed by atoms with Gasteiger partial charge in [-0.3, -0.25) is 4.79 Å². The smallest absolute Gasteiger partial charge is 0.419 e. The third-order valence-corrected chi connectivity index (χ3v) is 2.84. The number of ether oxygens (including phenoxy) is 1. The molecule has 0 aliphatic heterocycles. The Bertz CT molecular complexity index is 464. The lowest BCUT2D eigenvalue weighted by atomic mass is 10.2. The SMILES string of the molecule is CCC(CNC(=O)CCN)Oc1ccccc1C(F)(F)F. The summed E-state index contributed by atoms with van der Waals surface area (Å²) in [7, 11) is 0. The van der Waals surface area contributed by atoms with Crippen molar-refractivity contribution in [2.24, 2.45) is 5.73 Å². The molecular weight excluding hydrogens is 285 g/mol. The summed E-state index contributed by atoms with van der Waals surface area (Å²) in [5, 5.41) is 2.59. The van der Waals surface area contributed by atoms with E-state index in [-0.39, 0.29) is 31.2 Å². The van der Waals surface area contributed by atoms with Crippen molar-refractivity contribution in [1.82, 2.24) is 5.32 Å². The van der Waals surface area contributed by atoms with Crippen LogP contribution in [0.1, 0.15) is 25.3 Å². The molecule has 0 aliphatic rings. The third kappa shape index (κ3) is 5.63. The summed E-state index contributed by atoms with van der Waals surface area (Å²) < 4.78 is 43.9. The van der Waals surface area contributed by atoms with Crippen LogP contribution in [0.4, 0.5) is 13.2 Å². The van der Waals surface area contributed by atoms with E-state index in [0.717, 1.165) is 6.07 Å². The van der Waals surface area contributed by atoms with Crippen LogP contribution in [-0.2, 0) is 11.0 Å². The third-order valence-electron chi connectivity index (χ3n) is 2.84. The summed E-state index contributed by atoms with van der Waals surface area (Å²) in [6.07, 6.45) is -4.36. The van der Waals surface area contributed by atoms with Crippen molar-refractivity contribution >= 4 is 5.91 Å². The minimum absolute atomic E-state index is 0.140. The number of alkyl halides is 3. The molecule has 1 aromatic carbocycles. The number of carbonyl (C=O) groups excluding carboxylic acids is 1. The molecule has 7 heteroatoms. The van der Waals surface area contributed by atoms with Crippen molar-refractivity contribution in [2.45, 2.75) is 32.0 Å². The molecule has 0 aromatic heterocycles. The first-order valence-electron chi connectivity index (χ1n) is 6.68. The average molecular weight is 304 g/mol. The van der Waals surface area contributed by atoms with E-state index in [1.807, 2.05) is 0 Å². The van der Waals surface area contributed by atoms with Gasteiger partial charge in [-0.15, -0.1) is 0 Å². The van der Waals surface area contributed by atoms with Crippen LogP contribution in [0.3, 0.4) is 0 Å². The highest BCUT2D eigenvalue weighted by Gasteiger charge is 2.34. The van der Waals surface area contributed by atoms with Gasteiger partial charge in [0, 0.05) is 13.0 Å². The van der Waals surface area contributed by atoms with Gasteiger partial charge < -0.3 is 15.8 Å². The maximum atomic E-state index is 12.9. The number of rotatable bonds is 7. The van der Waals surface area contributed by atoms with Crippen molar-refractivity contribution < 1.29 is 22.7 Å². The number of nitrogens with one attached hydrogen (secondary N) is 1. The fraction of sp³-hybridized carbons (Fsp3) is 0.500. The zero-order valence-electron chi connectivity index (χ0n) is 11.7. The molecule has 0 spiro atoms. The van der Waals surface area contributed by atoms with Crippen LogP contribution in [0.2, 0.25) is 0 Å². The molecular formula is C14H19F3N2O2. The Balaban J connectivity index is 2.72. The summed E-state index contributed by atoms with van der Waals surface area (Å²) >= 11 is 0. The number of amides is 1. The molecule has 3 N–H and O–H groups in total. The Labute approximate surface area is 121 Å². The summed E-state index contributed by atoms with van der Waals surface area (Å²) in [4.78, 5) is 11.3. The summed E-state index contributed by atoms with van der Waals surface area (Å²) in [6, 6.07) is 5.02. The highest BCUT2D eigenvalue weighted by Crippen LogP contribution is 2.36. The molecule has 118 valence electrons. The predicted molar refractivity (Wildman–Crippen MR) is 72.8 cm³/mol. The number of carbonyl (C=O) groups is 1. The van der Waals surface area contributed by atoms with E-state index in [4.69, 9.17) is 10.5 Å². The topological polar surface area (TPSA) is 64.4 Å². The molecule has 4 nitrogen and oxygen atoms in total. The number of hydrogen-bond donors (Lipinski definition) is 2. The predicted octanol–water partition coefficient (Wildman–Crippen LogP) is 2.33. The molecule has 1 aromatic rings. The zero-order valence-corrected chi connectivity index (χ0v) is 11.7. The van der Waals surface area contributed by atoms with Crippen LogP contribution in [0, 0.1) is 0 Å². The standard InChI is InChI=1S/C14H19F3N2O2/c1-2-10(9-19-13(20)7-8-18)21-12-6-4-3-5-11(12)14(15,16)17/h3-6,10H,2,7-9,18H2,1H3,(H,19,20). The van der Waals surface area contributed by atoms with Gasteiger partial charge in [0.25, 0.3) is 0 Å². The summed E-state index contributed by atoms with van der Waals surface area (Å²) in [6.45, 7) is 2.14. The van der Waals surface area contributed by atoms with Crippen molar-refractivity contribution in [2.75, 3.05) is 13.1 Å². The normalized spacial score (nSPS) is 12.8. The first-order chi connectivity index (χ1) is 9.88. The average Bonchev–Trinajstić information content (AvgIpc) is 2.43. The van der Waals surface area contributed by atoms with E-state index < -0.39 is 17.8 Å². The molecule has 1 amide bonds. The number of halogens is 3. The minimum atomic E-state index is -4.47. The molecule has 0 saturated carbocycles. The van der Waals surface area contributed by atoms with E-state index in [0.29, 0.717) is 6.42 Å². The van der Waals surface area contributed by atoms with Gasteiger partial charge in [-0.05, 0) is 18.6 Å². The molecule has 0 aliphatic carbocycles. The minimum Gasteiger partial charge on any atom is -0.488 e. The number of para-hydroxylation sites is 1. The van der Waals surface area contributed by atoms with Crippen molar-refractivity contribution in [3.05, 3.63) is 29.8 Å². The summed E-state index contributed by atoms with van der Waals surface area (Å²) in [5.74, 6) is -0.478. The van der Waals surface area contributed by atoms with Gasteiger partial charge in [0.2, 0.25) is 5.91 Å². The van der Waals surface area contributed by atoms with Gasteiger partial charge >= 0.3 is 6.18 Å². The lowest BCUT2D eigenvalue weighted by Gasteiger charge is -2.21. The molecule has 1 atom stereocenters. The maximum absolute atomic E-state index is 12.9. The van der Waals surface area contributed by atoms with Gasteiger partial charge in [-0.25, -0.2) is 0 Å². The Kier molecular flexibility index (Phi) is 6.48. The molecule has 0 bridgehead atoms. The number of nitrogens with two attached hydrogens (primary N) is 1. The highest BCUT2D eigenvalue weighted by molar-refractivity contribution is 5.76.